The van der Waals surface area contributed by atoms with Crippen LogP contribution in [0.1, 0.15) is 41.8 Å². The smallest absolute Gasteiger partial charge is 0.337 e. The van der Waals surface area contributed by atoms with Crippen molar-refractivity contribution in [3.63, 3.8) is 0 Å². The van der Waals surface area contributed by atoms with Gasteiger partial charge in [-0.15, -0.1) is 0 Å². The van der Waals surface area contributed by atoms with E-state index in [0.717, 1.165) is 35.7 Å². The Morgan fingerprint density at radius 3 is 2.61 bits per heavy atom. The van der Waals surface area contributed by atoms with Gasteiger partial charge < -0.3 is 9.67 Å². The summed E-state index contributed by atoms with van der Waals surface area (Å²) >= 11 is 0. The average molecular weight is 245 g/mol. The average Bonchev–Trinajstić information content (AvgIpc) is 2.66. The van der Waals surface area contributed by atoms with E-state index >= 15 is 0 Å². The number of aryl methyl sites for hydroxylation is 3. The first-order valence-corrected chi connectivity index (χ1v) is 6.42. The van der Waals surface area contributed by atoms with Crippen molar-refractivity contribution in [2.75, 3.05) is 0 Å². The minimum absolute atomic E-state index is 0.411. The number of fused-ring (bicyclic) bond motifs is 1. The van der Waals surface area contributed by atoms with Crippen LogP contribution in [-0.4, -0.2) is 15.6 Å². The number of benzene rings is 1. The molecule has 2 aromatic rings. The Kier molecular flexibility index (Phi) is 3.41. The molecule has 0 saturated carbocycles. The Labute approximate surface area is 107 Å². The van der Waals surface area contributed by atoms with Crippen molar-refractivity contribution >= 4 is 16.9 Å². The minimum atomic E-state index is -0.848. The van der Waals surface area contributed by atoms with E-state index in [9.17, 15) is 9.90 Å². The van der Waals surface area contributed by atoms with E-state index in [0.29, 0.717) is 5.56 Å². The molecule has 0 fully saturated rings. The van der Waals surface area contributed by atoms with Gasteiger partial charge in [-0.2, -0.15) is 0 Å². The lowest BCUT2D eigenvalue weighted by Crippen LogP contribution is -2.01. The van der Waals surface area contributed by atoms with Gasteiger partial charge in [0, 0.05) is 18.6 Å². The predicted octanol–water partition coefficient (Wildman–Crippen LogP) is 3.39. The third-order valence-corrected chi connectivity index (χ3v) is 3.38. The minimum Gasteiger partial charge on any atom is -0.478 e. The van der Waals surface area contributed by atoms with Gasteiger partial charge in [-0.3, -0.25) is 0 Å². The van der Waals surface area contributed by atoms with Crippen LogP contribution >= 0.6 is 0 Å². The number of carboxylic acid groups (broad SMARTS) is 1. The summed E-state index contributed by atoms with van der Waals surface area (Å²) in [5.41, 5.74) is 3.58. The number of rotatable bonds is 4. The quantitative estimate of drug-likeness (QED) is 0.897. The van der Waals surface area contributed by atoms with Crippen LogP contribution in [0.5, 0.6) is 0 Å². The highest BCUT2D eigenvalue weighted by atomic mass is 16.4. The summed E-state index contributed by atoms with van der Waals surface area (Å²) in [6, 6.07) is 3.92. The topological polar surface area (TPSA) is 42.2 Å². The van der Waals surface area contributed by atoms with Gasteiger partial charge in [-0.1, -0.05) is 20.3 Å². The second-order valence-electron chi connectivity index (χ2n) is 4.71. The van der Waals surface area contributed by atoms with Crippen molar-refractivity contribution < 1.29 is 9.90 Å². The van der Waals surface area contributed by atoms with Crippen LogP contribution in [0.3, 0.4) is 0 Å². The van der Waals surface area contributed by atoms with Crippen molar-refractivity contribution in [1.82, 2.24) is 4.57 Å². The zero-order chi connectivity index (χ0) is 13.3. The van der Waals surface area contributed by atoms with Gasteiger partial charge in [0.2, 0.25) is 0 Å². The van der Waals surface area contributed by atoms with Gasteiger partial charge in [-0.05, 0) is 36.1 Å². The summed E-state index contributed by atoms with van der Waals surface area (Å²) in [5, 5.41) is 10.4. The Morgan fingerprint density at radius 1 is 1.33 bits per heavy atom. The predicted molar refractivity (Wildman–Crippen MR) is 73.3 cm³/mol. The molecule has 0 aliphatic carbocycles. The lowest BCUT2D eigenvalue weighted by atomic mass is 10.0. The third-order valence-electron chi connectivity index (χ3n) is 3.38. The fourth-order valence-electron chi connectivity index (χ4n) is 2.52. The first kappa shape index (κ1) is 12.7. The normalized spacial score (nSPS) is 11.1. The van der Waals surface area contributed by atoms with Crippen molar-refractivity contribution in [1.29, 1.82) is 0 Å². The largest absolute Gasteiger partial charge is 0.478 e. The Hall–Kier alpha value is -1.77. The molecule has 1 heterocycles. The van der Waals surface area contributed by atoms with Gasteiger partial charge in [-0.25, -0.2) is 4.79 Å². The van der Waals surface area contributed by atoms with Crippen molar-refractivity contribution in [2.45, 2.75) is 33.1 Å². The van der Waals surface area contributed by atoms with Crippen molar-refractivity contribution in [3.05, 3.63) is 35.0 Å². The molecule has 0 aliphatic heterocycles. The maximum absolute atomic E-state index is 11.4. The van der Waals surface area contributed by atoms with Gasteiger partial charge in [0.25, 0.3) is 0 Å². The second-order valence-corrected chi connectivity index (χ2v) is 4.71. The number of nitrogens with zero attached hydrogens (tertiary/aromatic N) is 1. The molecule has 0 spiro atoms. The summed E-state index contributed by atoms with van der Waals surface area (Å²) in [6.45, 7) is 4.19. The van der Waals surface area contributed by atoms with E-state index in [1.54, 1.807) is 6.07 Å². The highest BCUT2D eigenvalue weighted by Gasteiger charge is 2.15. The van der Waals surface area contributed by atoms with E-state index < -0.39 is 5.97 Å². The third kappa shape index (κ3) is 2.01. The molecule has 0 unspecified atom stereocenters. The SMILES string of the molecule is CCCc1cn(C)c2c(C(=O)O)cc(CC)cc12. The molecular weight excluding hydrogens is 226 g/mol. The summed E-state index contributed by atoms with van der Waals surface area (Å²) < 4.78 is 1.93. The zero-order valence-electron chi connectivity index (χ0n) is 11.2. The molecule has 3 nitrogen and oxygen atoms in total. The van der Waals surface area contributed by atoms with Crippen LogP contribution in [0.15, 0.2) is 18.3 Å². The molecule has 0 aliphatic rings. The molecule has 1 aromatic heterocycles. The number of carboxylic acids is 1. The number of hydrogen-bond donors (Lipinski definition) is 1. The fraction of sp³-hybridized carbons (Fsp3) is 0.400. The second kappa shape index (κ2) is 4.84. The highest BCUT2D eigenvalue weighted by molar-refractivity contribution is 6.03. The highest BCUT2D eigenvalue weighted by Crippen LogP contribution is 2.27. The van der Waals surface area contributed by atoms with Crippen LogP contribution in [0.25, 0.3) is 10.9 Å². The van der Waals surface area contributed by atoms with Gasteiger partial charge in [0.05, 0.1) is 11.1 Å². The van der Waals surface area contributed by atoms with Crippen molar-refractivity contribution in [2.24, 2.45) is 7.05 Å². The molecule has 0 bridgehead atoms. The monoisotopic (exact) mass is 245 g/mol. The maximum atomic E-state index is 11.4. The molecule has 1 N–H and O–H groups in total. The van der Waals surface area contributed by atoms with Crippen LogP contribution < -0.4 is 0 Å². The molecule has 96 valence electrons. The lowest BCUT2D eigenvalue weighted by molar-refractivity contribution is 0.0698. The Morgan fingerprint density at radius 2 is 2.06 bits per heavy atom. The van der Waals surface area contributed by atoms with Gasteiger partial charge in [0.15, 0.2) is 0 Å². The van der Waals surface area contributed by atoms with E-state index in [1.807, 2.05) is 11.6 Å². The molecule has 0 amide bonds. The van der Waals surface area contributed by atoms with Crippen LogP contribution in [-0.2, 0) is 19.9 Å². The van der Waals surface area contributed by atoms with Gasteiger partial charge >= 0.3 is 5.97 Å². The standard InChI is InChI=1S/C15H19NO2/c1-4-6-11-9-16(3)14-12(11)7-10(5-2)8-13(14)15(17)18/h7-9H,4-6H2,1-3H3,(H,17,18). The van der Waals surface area contributed by atoms with Gasteiger partial charge in [0.1, 0.15) is 0 Å². The number of aromatic carboxylic acids is 1. The Bertz CT molecular complexity index is 596. The summed E-state index contributed by atoms with van der Waals surface area (Å²) in [4.78, 5) is 11.4. The maximum Gasteiger partial charge on any atom is 0.337 e. The molecular formula is C15H19NO2. The summed E-state index contributed by atoms with van der Waals surface area (Å²) in [5.74, 6) is -0.848. The number of aromatic nitrogens is 1. The first-order chi connectivity index (χ1) is 8.58. The molecule has 0 atom stereocenters. The first-order valence-electron chi connectivity index (χ1n) is 6.42. The van der Waals surface area contributed by atoms with Crippen LogP contribution in [0.4, 0.5) is 0 Å². The van der Waals surface area contributed by atoms with Crippen LogP contribution in [0.2, 0.25) is 0 Å². The summed E-state index contributed by atoms with van der Waals surface area (Å²) in [7, 11) is 1.92. The molecule has 1 aromatic carbocycles. The molecule has 0 radical (unpaired) electrons. The Balaban J connectivity index is 2.79. The van der Waals surface area contributed by atoms with E-state index in [2.05, 4.69) is 26.1 Å². The zero-order valence-corrected chi connectivity index (χ0v) is 11.2. The van der Waals surface area contributed by atoms with Crippen LogP contribution in [0, 0.1) is 0 Å². The number of carbonyl (C=O) groups is 1. The molecule has 18 heavy (non-hydrogen) atoms. The molecule has 3 heteroatoms. The number of hydrogen-bond acceptors (Lipinski definition) is 1. The summed E-state index contributed by atoms with van der Waals surface area (Å²) in [6.07, 6.45) is 4.97. The van der Waals surface area contributed by atoms with E-state index in [-0.39, 0.29) is 0 Å². The molecule has 0 saturated heterocycles. The lowest BCUT2D eigenvalue weighted by Gasteiger charge is -2.05. The van der Waals surface area contributed by atoms with E-state index in [4.69, 9.17) is 0 Å². The van der Waals surface area contributed by atoms with Crippen molar-refractivity contribution in [3.8, 4) is 0 Å². The molecule has 2 rings (SSSR count). The fourth-order valence-corrected chi connectivity index (χ4v) is 2.52. The van der Waals surface area contributed by atoms with E-state index in [1.165, 1.54) is 5.56 Å².